The van der Waals surface area contributed by atoms with Crippen molar-refractivity contribution in [1.29, 1.82) is 0 Å². The summed E-state index contributed by atoms with van der Waals surface area (Å²) in [4.78, 5) is 12.0. The molecule has 0 aliphatic rings. The molecule has 5 nitrogen and oxygen atoms in total. The van der Waals surface area contributed by atoms with Gasteiger partial charge in [-0.15, -0.1) is 0 Å². The third-order valence-electron chi connectivity index (χ3n) is 2.34. The molecule has 0 fully saturated rings. The Morgan fingerprint density at radius 2 is 2.31 bits per heavy atom. The second kappa shape index (κ2) is 5.65. The maximum Gasteiger partial charge on any atom is 0.184 e. The summed E-state index contributed by atoms with van der Waals surface area (Å²) >= 11 is 0. The Labute approximate surface area is 95.6 Å². The van der Waals surface area contributed by atoms with E-state index in [0.717, 1.165) is 0 Å². The van der Waals surface area contributed by atoms with E-state index in [1.54, 1.807) is 18.0 Å². The molecule has 0 aromatic carbocycles. The smallest absolute Gasteiger partial charge is 0.184 e. The molecule has 90 valence electrons. The minimum atomic E-state index is 0.0356. The van der Waals surface area contributed by atoms with Crippen molar-refractivity contribution in [1.82, 2.24) is 9.78 Å². The van der Waals surface area contributed by atoms with Crippen LogP contribution in [0.4, 0.5) is 0 Å². The van der Waals surface area contributed by atoms with Gasteiger partial charge in [0.1, 0.15) is 5.69 Å². The number of ketones is 1. The van der Waals surface area contributed by atoms with Gasteiger partial charge in [-0.1, -0.05) is 0 Å². The largest absolute Gasteiger partial charge is 0.493 e. The summed E-state index contributed by atoms with van der Waals surface area (Å²) in [5.74, 6) is 0.573. The third kappa shape index (κ3) is 2.61. The van der Waals surface area contributed by atoms with E-state index < -0.39 is 0 Å². The Morgan fingerprint density at radius 3 is 2.81 bits per heavy atom. The van der Waals surface area contributed by atoms with Crippen molar-refractivity contribution in [2.24, 2.45) is 5.73 Å². The molecule has 1 aromatic heterocycles. The van der Waals surface area contributed by atoms with Gasteiger partial charge in [0, 0.05) is 12.5 Å². The lowest BCUT2D eigenvalue weighted by Gasteiger charge is -2.10. The van der Waals surface area contributed by atoms with Crippen molar-refractivity contribution in [3.8, 4) is 5.75 Å². The Hall–Kier alpha value is -1.36. The molecule has 0 bridgehead atoms. The van der Waals surface area contributed by atoms with Gasteiger partial charge in [0.2, 0.25) is 0 Å². The first kappa shape index (κ1) is 12.7. The van der Waals surface area contributed by atoms with Crippen LogP contribution in [-0.2, 0) is 0 Å². The highest BCUT2D eigenvalue weighted by molar-refractivity contribution is 5.97. The highest BCUT2D eigenvalue weighted by Gasteiger charge is 2.20. The first-order chi connectivity index (χ1) is 7.61. The van der Waals surface area contributed by atoms with Gasteiger partial charge < -0.3 is 10.5 Å². The second-order valence-corrected chi connectivity index (χ2v) is 3.92. The molecule has 0 radical (unpaired) electrons. The van der Waals surface area contributed by atoms with Crippen LogP contribution in [0.1, 0.15) is 43.2 Å². The summed E-state index contributed by atoms with van der Waals surface area (Å²) in [5, 5.41) is 4.16. The molecule has 1 aromatic rings. The normalized spacial score (nSPS) is 10.8. The van der Waals surface area contributed by atoms with Crippen molar-refractivity contribution in [2.75, 3.05) is 13.7 Å². The molecule has 1 heterocycles. The molecule has 0 saturated carbocycles. The summed E-state index contributed by atoms with van der Waals surface area (Å²) in [6.07, 6.45) is 2.70. The lowest BCUT2D eigenvalue weighted by Crippen LogP contribution is -2.14. The molecule has 16 heavy (non-hydrogen) atoms. The number of hydrogen-bond donors (Lipinski definition) is 1. The highest BCUT2D eigenvalue weighted by atomic mass is 16.5. The zero-order chi connectivity index (χ0) is 12.1. The van der Waals surface area contributed by atoms with E-state index in [2.05, 4.69) is 5.10 Å². The maximum absolute atomic E-state index is 12.0. The van der Waals surface area contributed by atoms with E-state index in [0.29, 0.717) is 30.8 Å². The van der Waals surface area contributed by atoms with Crippen LogP contribution in [-0.4, -0.2) is 29.2 Å². The quantitative estimate of drug-likeness (QED) is 0.743. The number of aromatic nitrogens is 2. The Bertz CT molecular complexity index is 358. The van der Waals surface area contributed by atoms with Crippen molar-refractivity contribution >= 4 is 5.78 Å². The van der Waals surface area contributed by atoms with Gasteiger partial charge in [-0.2, -0.15) is 5.10 Å². The number of carbonyl (C=O) groups is 1. The summed E-state index contributed by atoms with van der Waals surface area (Å²) in [6.45, 7) is 4.47. The maximum atomic E-state index is 12.0. The fourth-order valence-electron chi connectivity index (χ4n) is 1.53. The van der Waals surface area contributed by atoms with Crippen LogP contribution in [0, 0.1) is 0 Å². The molecule has 0 amide bonds. The van der Waals surface area contributed by atoms with Crippen molar-refractivity contribution in [3.05, 3.63) is 11.9 Å². The van der Waals surface area contributed by atoms with Gasteiger partial charge in [0.05, 0.1) is 13.3 Å². The molecular formula is C11H19N3O2. The van der Waals surface area contributed by atoms with Gasteiger partial charge in [0.25, 0.3) is 0 Å². The van der Waals surface area contributed by atoms with Gasteiger partial charge in [-0.05, 0) is 26.8 Å². The van der Waals surface area contributed by atoms with Gasteiger partial charge in [-0.25, -0.2) is 0 Å². The topological polar surface area (TPSA) is 70.1 Å². The average molecular weight is 225 g/mol. The van der Waals surface area contributed by atoms with Crippen LogP contribution in [0.15, 0.2) is 6.20 Å². The molecular weight excluding hydrogens is 206 g/mol. The number of Topliss-reactive ketones (excluding diaryl/α,β-unsaturated/α-hetero) is 1. The van der Waals surface area contributed by atoms with Crippen LogP contribution < -0.4 is 10.5 Å². The third-order valence-corrected chi connectivity index (χ3v) is 2.34. The monoisotopic (exact) mass is 225 g/mol. The summed E-state index contributed by atoms with van der Waals surface area (Å²) in [6, 6.07) is 0.140. The SMILES string of the molecule is COc1cnn(C(C)C)c1C(=O)CCCN. The second-order valence-electron chi connectivity index (χ2n) is 3.92. The van der Waals surface area contributed by atoms with E-state index in [1.807, 2.05) is 13.8 Å². The number of carbonyl (C=O) groups excluding carboxylic acids is 1. The van der Waals surface area contributed by atoms with Crippen LogP contribution in [0.5, 0.6) is 5.75 Å². The molecule has 2 N–H and O–H groups in total. The minimum absolute atomic E-state index is 0.0356. The Kier molecular flexibility index (Phi) is 4.49. The standard InChI is InChI=1S/C11H19N3O2/c1-8(2)14-11(9(15)5-4-6-12)10(16-3)7-13-14/h7-8H,4-6,12H2,1-3H3. The lowest BCUT2D eigenvalue weighted by molar-refractivity contribution is 0.0965. The van der Waals surface area contributed by atoms with E-state index in [9.17, 15) is 4.79 Å². The summed E-state index contributed by atoms with van der Waals surface area (Å²) < 4.78 is 6.83. The molecule has 0 unspecified atom stereocenters. The zero-order valence-corrected chi connectivity index (χ0v) is 10.1. The van der Waals surface area contributed by atoms with Gasteiger partial charge in [0.15, 0.2) is 11.5 Å². The average Bonchev–Trinajstić information content (AvgIpc) is 2.69. The number of methoxy groups -OCH3 is 1. The predicted molar refractivity (Wildman–Crippen MR) is 61.8 cm³/mol. The predicted octanol–water partition coefficient (Wildman–Crippen LogP) is 1.39. The van der Waals surface area contributed by atoms with Gasteiger partial charge >= 0.3 is 0 Å². The fraction of sp³-hybridized carbons (Fsp3) is 0.636. The molecule has 1 rings (SSSR count). The first-order valence-corrected chi connectivity index (χ1v) is 5.46. The minimum Gasteiger partial charge on any atom is -0.493 e. The number of nitrogens with two attached hydrogens (primary N) is 1. The van der Waals surface area contributed by atoms with E-state index in [1.165, 1.54) is 0 Å². The van der Waals surface area contributed by atoms with E-state index in [4.69, 9.17) is 10.5 Å². The van der Waals surface area contributed by atoms with E-state index in [-0.39, 0.29) is 11.8 Å². The van der Waals surface area contributed by atoms with Crippen molar-refractivity contribution < 1.29 is 9.53 Å². The molecule has 0 spiro atoms. The van der Waals surface area contributed by atoms with Crippen LogP contribution >= 0.6 is 0 Å². The highest BCUT2D eigenvalue weighted by Crippen LogP contribution is 2.22. The van der Waals surface area contributed by atoms with Crippen molar-refractivity contribution in [3.63, 3.8) is 0 Å². The van der Waals surface area contributed by atoms with Crippen molar-refractivity contribution in [2.45, 2.75) is 32.7 Å². The molecule has 0 saturated heterocycles. The molecule has 5 heteroatoms. The Balaban J connectivity index is 2.98. The number of rotatable bonds is 6. The molecule has 0 atom stereocenters. The number of hydrogen-bond acceptors (Lipinski definition) is 4. The summed E-state index contributed by atoms with van der Waals surface area (Å²) in [5.41, 5.74) is 5.94. The van der Waals surface area contributed by atoms with Crippen LogP contribution in [0.2, 0.25) is 0 Å². The van der Waals surface area contributed by atoms with E-state index >= 15 is 0 Å². The zero-order valence-electron chi connectivity index (χ0n) is 10.1. The number of nitrogens with zero attached hydrogens (tertiary/aromatic N) is 2. The van der Waals surface area contributed by atoms with Gasteiger partial charge in [-0.3, -0.25) is 9.48 Å². The number of ether oxygens (including phenoxy) is 1. The Morgan fingerprint density at radius 1 is 1.62 bits per heavy atom. The van der Waals surface area contributed by atoms with Crippen LogP contribution in [0.25, 0.3) is 0 Å². The molecule has 0 aliphatic carbocycles. The fourth-order valence-corrected chi connectivity index (χ4v) is 1.53. The summed E-state index contributed by atoms with van der Waals surface area (Å²) in [7, 11) is 1.54. The lowest BCUT2D eigenvalue weighted by atomic mass is 10.1. The van der Waals surface area contributed by atoms with Crippen LogP contribution in [0.3, 0.4) is 0 Å². The molecule has 0 aliphatic heterocycles. The first-order valence-electron chi connectivity index (χ1n) is 5.46.